The summed E-state index contributed by atoms with van der Waals surface area (Å²) in [6.45, 7) is 21.7. The Morgan fingerprint density at radius 3 is 2.19 bits per heavy atom. The SMILES string of the molecule is CC1=C(c2cc(C)nc(C)c2)NC2=CC(c3ccc(C(=O)N4CCN5CC4CC5[n+]4c(C)cc(-c5[nH]c6cc(-c7cccc(C(=O)N8CCN9CCC8C9)c7)ccc6c5C)cc4C)cc3)=CCC21C. The summed E-state index contributed by atoms with van der Waals surface area (Å²) in [6, 6.07) is 32.5. The zero-order valence-electron chi connectivity index (χ0n) is 41.1. The number of H-pyrrole nitrogens is 1. The number of hydrogen-bond donors (Lipinski definition) is 2. The molecular weight excluding hydrogens is 853 g/mol. The van der Waals surface area contributed by atoms with Crippen molar-refractivity contribution in [2.75, 3.05) is 45.8 Å². The first-order valence-corrected chi connectivity index (χ1v) is 25.1. The highest BCUT2D eigenvalue weighted by molar-refractivity contribution is 5.98. The molecule has 8 heterocycles. The predicted molar refractivity (Wildman–Crippen MR) is 274 cm³/mol. The van der Waals surface area contributed by atoms with Crippen molar-refractivity contribution in [3.8, 4) is 22.4 Å². The molecule has 4 bridgehead atoms. The van der Waals surface area contributed by atoms with Crippen molar-refractivity contribution in [3.05, 3.63) is 165 Å². The van der Waals surface area contributed by atoms with Crippen molar-refractivity contribution < 1.29 is 14.2 Å². The Bertz CT molecular complexity index is 3190. The van der Waals surface area contributed by atoms with Crippen LogP contribution in [0.4, 0.5) is 0 Å². The number of rotatable bonds is 7. The maximum Gasteiger partial charge on any atom is 0.254 e. The van der Waals surface area contributed by atoms with E-state index in [2.05, 4.69) is 167 Å². The van der Waals surface area contributed by atoms with Gasteiger partial charge in [0.1, 0.15) is 0 Å². The number of carbonyl (C=O) groups is 2. The average Bonchev–Trinajstić information content (AvgIpc) is 4.07. The molecule has 4 saturated heterocycles. The minimum Gasteiger partial charge on any atom is -0.358 e. The van der Waals surface area contributed by atoms with Crippen molar-refractivity contribution in [1.82, 2.24) is 34.9 Å². The van der Waals surface area contributed by atoms with Crippen LogP contribution < -0.4 is 9.88 Å². The molecule has 10 nitrogen and oxygen atoms in total. The summed E-state index contributed by atoms with van der Waals surface area (Å²) in [5.74, 6) is 0.269. The lowest BCUT2D eigenvalue weighted by Gasteiger charge is -2.34. The molecule has 1 aliphatic carbocycles. The summed E-state index contributed by atoms with van der Waals surface area (Å²) in [5.41, 5.74) is 19.9. The number of allylic oxidation sites excluding steroid dienone is 4. The zero-order chi connectivity index (χ0) is 47.5. The summed E-state index contributed by atoms with van der Waals surface area (Å²) >= 11 is 0. The standard InChI is InChI=1S/C59H62N8O2/c1-35-25-47(26-36(2)60-35)56-40(6)59(7)19-17-45(31-53(59)62-56)41-11-13-42(14-12-41)57(68)66-24-22-64-34-50(66)32-54(64)67-37(3)27-48(28-38(67)4)55-39(5)51-16-15-44(30-52(51)61-55)43-9-8-10-46(29-43)58(69)65-23-21-63-20-18-49(65)33-63/h8-17,25-31,49-50,54,62H,18-24,32-34H2,1-7H3/p+1. The third-order valence-corrected chi connectivity index (χ3v) is 16.8. The number of piperazine rings is 2. The molecule has 12 rings (SSSR count). The van der Waals surface area contributed by atoms with E-state index in [0.29, 0.717) is 6.04 Å². The number of aromatic amines is 1. The van der Waals surface area contributed by atoms with E-state index >= 15 is 0 Å². The summed E-state index contributed by atoms with van der Waals surface area (Å²) in [6.07, 6.45) is 7.71. The first-order chi connectivity index (χ1) is 33.3. The number of amides is 2. The molecule has 6 aromatic rings. The van der Waals surface area contributed by atoms with Gasteiger partial charge in [0.05, 0.1) is 6.04 Å². The molecule has 10 heteroatoms. The molecule has 3 aromatic heterocycles. The number of carbonyl (C=O) groups excluding carboxylic acids is 2. The average molecular weight is 916 g/mol. The molecule has 6 atom stereocenters. The summed E-state index contributed by atoms with van der Waals surface area (Å²) in [4.78, 5) is 45.6. The topological polar surface area (TPSA) is 91.7 Å². The van der Waals surface area contributed by atoms with Gasteiger partial charge in [0.15, 0.2) is 11.4 Å². The van der Waals surface area contributed by atoms with Crippen molar-refractivity contribution in [3.63, 3.8) is 0 Å². The number of hydrogen-bond acceptors (Lipinski definition) is 6. The van der Waals surface area contributed by atoms with Gasteiger partial charge in [-0.15, -0.1) is 0 Å². The number of aromatic nitrogens is 3. The zero-order valence-corrected chi connectivity index (χ0v) is 41.1. The first kappa shape index (κ1) is 43.6. The third-order valence-electron chi connectivity index (χ3n) is 16.8. The first-order valence-electron chi connectivity index (χ1n) is 25.1. The Kier molecular flexibility index (Phi) is 10.5. The van der Waals surface area contributed by atoms with Crippen molar-refractivity contribution in [2.45, 2.75) is 86.0 Å². The summed E-state index contributed by atoms with van der Waals surface area (Å²) in [5, 5.41) is 5.00. The molecule has 69 heavy (non-hydrogen) atoms. The van der Waals surface area contributed by atoms with Crippen molar-refractivity contribution in [2.24, 2.45) is 5.41 Å². The van der Waals surface area contributed by atoms with Crippen LogP contribution in [0.5, 0.6) is 0 Å². The molecule has 0 spiro atoms. The van der Waals surface area contributed by atoms with Crippen LogP contribution in [0, 0.1) is 40.0 Å². The van der Waals surface area contributed by atoms with Crippen LogP contribution in [-0.2, 0) is 0 Å². The second-order valence-electron chi connectivity index (χ2n) is 21.1. The van der Waals surface area contributed by atoms with E-state index in [0.717, 1.165) is 115 Å². The van der Waals surface area contributed by atoms with Gasteiger partial charge in [0.2, 0.25) is 6.17 Å². The summed E-state index contributed by atoms with van der Waals surface area (Å²) in [7, 11) is 0. The minimum atomic E-state index is -0.0783. The lowest BCUT2D eigenvalue weighted by Crippen LogP contribution is -2.53. The highest BCUT2D eigenvalue weighted by Gasteiger charge is 2.47. The van der Waals surface area contributed by atoms with Gasteiger partial charge in [0, 0.05) is 151 Å². The fourth-order valence-corrected chi connectivity index (χ4v) is 12.8. The van der Waals surface area contributed by atoms with Crippen LogP contribution in [0.15, 0.2) is 114 Å². The van der Waals surface area contributed by atoms with E-state index in [1.165, 1.54) is 56.0 Å². The Morgan fingerprint density at radius 1 is 0.696 bits per heavy atom. The number of aryl methyl sites for hydroxylation is 5. The molecule has 6 aliphatic rings. The monoisotopic (exact) mass is 916 g/mol. The Hall–Kier alpha value is -6.62. The predicted octanol–water partition coefficient (Wildman–Crippen LogP) is 9.70. The highest BCUT2D eigenvalue weighted by atomic mass is 16.2. The van der Waals surface area contributed by atoms with Crippen LogP contribution in [0.25, 0.3) is 44.6 Å². The lowest BCUT2D eigenvalue weighted by atomic mass is 9.74. The molecule has 0 saturated carbocycles. The van der Waals surface area contributed by atoms with Crippen molar-refractivity contribution >= 4 is 34.0 Å². The van der Waals surface area contributed by atoms with Gasteiger partial charge in [-0.1, -0.05) is 42.5 Å². The number of benzene rings is 3. The quantitative estimate of drug-likeness (QED) is 0.155. The fourth-order valence-electron chi connectivity index (χ4n) is 12.8. The third kappa shape index (κ3) is 7.37. The summed E-state index contributed by atoms with van der Waals surface area (Å²) < 4.78 is 2.49. The van der Waals surface area contributed by atoms with E-state index in [1.807, 2.05) is 24.3 Å². The van der Waals surface area contributed by atoms with Gasteiger partial charge >= 0.3 is 0 Å². The highest BCUT2D eigenvalue weighted by Crippen LogP contribution is 2.50. The van der Waals surface area contributed by atoms with Gasteiger partial charge in [-0.3, -0.25) is 19.5 Å². The second-order valence-corrected chi connectivity index (χ2v) is 21.1. The lowest BCUT2D eigenvalue weighted by molar-refractivity contribution is -0.750. The fraction of sp³-hybridized carbons (Fsp3) is 0.356. The molecule has 4 fully saturated rings. The van der Waals surface area contributed by atoms with E-state index < -0.39 is 0 Å². The largest absolute Gasteiger partial charge is 0.358 e. The number of fused-ring (bicyclic) bond motifs is 6. The van der Waals surface area contributed by atoms with Crippen LogP contribution in [0.3, 0.4) is 0 Å². The minimum absolute atomic E-state index is 0.0783. The van der Waals surface area contributed by atoms with Crippen molar-refractivity contribution in [1.29, 1.82) is 0 Å². The molecule has 2 amide bonds. The van der Waals surface area contributed by atoms with Gasteiger partial charge in [-0.05, 0) is 129 Å². The molecule has 0 radical (unpaired) electrons. The van der Waals surface area contributed by atoms with Gasteiger partial charge in [0.25, 0.3) is 11.8 Å². The second kappa shape index (κ2) is 16.5. The molecular formula is C59H63N8O2+. The van der Waals surface area contributed by atoms with Gasteiger partial charge in [-0.2, -0.15) is 4.57 Å². The Morgan fingerprint density at radius 2 is 1.41 bits per heavy atom. The van der Waals surface area contributed by atoms with E-state index in [4.69, 9.17) is 0 Å². The normalized spacial score (nSPS) is 24.9. The Labute approximate surface area is 406 Å². The van der Waals surface area contributed by atoms with E-state index in [-0.39, 0.29) is 29.4 Å². The molecule has 6 unspecified atom stereocenters. The molecule has 350 valence electrons. The van der Waals surface area contributed by atoms with Crippen LogP contribution >= 0.6 is 0 Å². The molecule has 5 aliphatic heterocycles. The van der Waals surface area contributed by atoms with Gasteiger partial charge in [-0.25, -0.2) is 4.90 Å². The van der Waals surface area contributed by atoms with Gasteiger partial charge < -0.3 is 20.1 Å². The maximum absolute atomic E-state index is 14.3. The number of nitrogens with one attached hydrogen (secondary N) is 2. The maximum atomic E-state index is 14.3. The van der Waals surface area contributed by atoms with Crippen LogP contribution in [-0.4, -0.2) is 99.3 Å². The molecule has 3 aromatic carbocycles. The number of nitrogens with zero attached hydrogens (tertiary/aromatic N) is 6. The van der Waals surface area contributed by atoms with Crippen LogP contribution in [0.2, 0.25) is 0 Å². The number of pyridine rings is 2. The van der Waals surface area contributed by atoms with E-state index in [9.17, 15) is 9.59 Å². The Balaban J connectivity index is 0.728. The molecule has 2 N–H and O–H groups in total. The van der Waals surface area contributed by atoms with Crippen LogP contribution in [0.1, 0.15) is 99.5 Å². The smallest absolute Gasteiger partial charge is 0.254 e. The van der Waals surface area contributed by atoms with E-state index in [1.54, 1.807) is 0 Å².